The summed E-state index contributed by atoms with van der Waals surface area (Å²) in [6, 6.07) is 15.9. The fourth-order valence-electron chi connectivity index (χ4n) is 5.37. The number of hydrogen-bond donors (Lipinski definition) is 2. The molecular weight excluding hydrogens is 556 g/mol. The molecule has 0 unspecified atom stereocenters. The zero-order valence-electron chi connectivity index (χ0n) is 23.0. The number of thiazole rings is 1. The Bertz CT molecular complexity index is 1500. The normalized spacial score (nSPS) is 16.8. The maximum absolute atomic E-state index is 15.6. The molecule has 1 amide bonds. The lowest BCUT2D eigenvalue weighted by Gasteiger charge is -2.42. The van der Waals surface area contributed by atoms with Gasteiger partial charge < -0.3 is 15.5 Å². The first kappa shape index (κ1) is 27.8. The number of nitrogens with zero attached hydrogens (tertiary/aromatic N) is 4. The van der Waals surface area contributed by atoms with Gasteiger partial charge in [0.1, 0.15) is 5.82 Å². The van der Waals surface area contributed by atoms with Crippen LogP contribution in [-0.4, -0.2) is 51.9 Å². The van der Waals surface area contributed by atoms with E-state index in [0.29, 0.717) is 22.4 Å². The molecule has 4 heterocycles. The summed E-state index contributed by atoms with van der Waals surface area (Å²) >= 11 is 2.62. The molecule has 1 saturated carbocycles. The van der Waals surface area contributed by atoms with Crippen molar-refractivity contribution in [2.75, 3.05) is 31.5 Å². The number of carbonyl (C=O) groups excluding carboxylic acids is 1. The molecule has 1 saturated heterocycles. The van der Waals surface area contributed by atoms with Crippen molar-refractivity contribution in [3.63, 3.8) is 0 Å². The second-order valence-corrected chi connectivity index (χ2v) is 13.3. The molecule has 1 aliphatic carbocycles. The zero-order chi connectivity index (χ0) is 28.2. The molecule has 0 bridgehead atoms. The molecule has 0 spiro atoms. The number of likely N-dealkylation sites (tertiary alicyclic amines) is 1. The minimum Gasteiger partial charge on any atom is -0.350 e. The van der Waals surface area contributed by atoms with E-state index in [-0.39, 0.29) is 11.1 Å². The van der Waals surface area contributed by atoms with Crippen LogP contribution < -0.4 is 10.6 Å². The van der Waals surface area contributed by atoms with Crippen molar-refractivity contribution in [1.29, 1.82) is 0 Å². The van der Waals surface area contributed by atoms with Crippen LogP contribution in [0, 0.1) is 18.7 Å². The lowest BCUT2D eigenvalue weighted by atomic mass is 9.72. The minimum absolute atomic E-state index is 0.183. The van der Waals surface area contributed by atoms with E-state index in [4.69, 9.17) is 0 Å². The number of anilines is 2. The SMILES string of the molecule is Cc1ccnc(Nc2ncc(Sc3ccnc(C(=O)NCC4(c5ccccc5)CCN(CC5CC5)CC4)c3F)s2)c1. The van der Waals surface area contributed by atoms with Crippen molar-refractivity contribution in [2.24, 2.45) is 5.92 Å². The summed E-state index contributed by atoms with van der Waals surface area (Å²) in [7, 11) is 0. The van der Waals surface area contributed by atoms with E-state index in [1.165, 1.54) is 54.2 Å². The summed E-state index contributed by atoms with van der Waals surface area (Å²) in [4.78, 5) is 29.0. The van der Waals surface area contributed by atoms with E-state index in [0.717, 1.165) is 41.6 Å². The van der Waals surface area contributed by atoms with Gasteiger partial charge in [-0.1, -0.05) is 53.4 Å². The number of piperidine rings is 1. The second kappa shape index (κ2) is 12.3. The molecule has 212 valence electrons. The van der Waals surface area contributed by atoms with Crippen LogP contribution in [0.1, 0.15) is 47.3 Å². The third-order valence-corrected chi connectivity index (χ3v) is 9.96. The molecule has 6 rings (SSSR count). The van der Waals surface area contributed by atoms with E-state index < -0.39 is 11.7 Å². The van der Waals surface area contributed by atoms with Crippen LogP contribution >= 0.6 is 23.1 Å². The lowest BCUT2D eigenvalue weighted by Crippen LogP contribution is -2.49. The van der Waals surface area contributed by atoms with Crippen molar-refractivity contribution < 1.29 is 9.18 Å². The minimum atomic E-state index is -0.619. The molecule has 1 aromatic carbocycles. The standard InChI is InChI=1S/C31H33FN6OS2/c1-21-9-13-33-25(17-21)37-30-35-18-26(41-30)40-24-10-14-34-28(27(24)32)29(39)36-20-31(23-5-3-2-4-6-23)11-15-38(16-12-31)19-22-7-8-22/h2-6,9-10,13-14,17-18,22H,7-8,11-12,15-16,19-20H2,1H3,(H,36,39)(H,33,35,37). The Labute approximate surface area is 248 Å². The Hall–Kier alpha value is -3.34. The first-order valence-electron chi connectivity index (χ1n) is 14.0. The van der Waals surface area contributed by atoms with Crippen molar-refractivity contribution in [3.05, 3.63) is 89.8 Å². The van der Waals surface area contributed by atoms with Crippen LogP contribution in [0.5, 0.6) is 0 Å². The van der Waals surface area contributed by atoms with Gasteiger partial charge in [-0.2, -0.15) is 0 Å². The maximum Gasteiger partial charge on any atom is 0.273 e. The van der Waals surface area contributed by atoms with Gasteiger partial charge in [-0.05, 0) is 80.9 Å². The van der Waals surface area contributed by atoms with Crippen molar-refractivity contribution in [1.82, 2.24) is 25.2 Å². The average Bonchev–Trinajstić information content (AvgIpc) is 3.70. The van der Waals surface area contributed by atoms with Crippen LogP contribution in [0.2, 0.25) is 0 Å². The Balaban J connectivity index is 1.12. The van der Waals surface area contributed by atoms with Crippen molar-refractivity contribution in [2.45, 2.75) is 47.1 Å². The fourth-order valence-corrected chi connectivity index (χ4v) is 7.24. The predicted octanol–water partition coefficient (Wildman–Crippen LogP) is 6.45. The molecule has 10 heteroatoms. The largest absolute Gasteiger partial charge is 0.350 e. The maximum atomic E-state index is 15.6. The van der Waals surface area contributed by atoms with Gasteiger partial charge in [0.15, 0.2) is 16.6 Å². The third-order valence-electron chi connectivity index (χ3n) is 7.91. The van der Waals surface area contributed by atoms with Gasteiger partial charge in [0, 0.05) is 30.9 Å². The topological polar surface area (TPSA) is 83.0 Å². The summed E-state index contributed by atoms with van der Waals surface area (Å²) in [5.74, 6) is 0.451. The number of carbonyl (C=O) groups is 1. The van der Waals surface area contributed by atoms with Gasteiger partial charge in [0.25, 0.3) is 5.91 Å². The fraction of sp³-hybridized carbons (Fsp3) is 0.355. The highest BCUT2D eigenvalue weighted by Crippen LogP contribution is 2.38. The zero-order valence-corrected chi connectivity index (χ0v) is 24.6. The molecule has 2 aliphatic rings. The first-order valence-corrected chi connectivity index (χ1v) is 15.6. The van der Waals surface area contributed by atoms with Gasteiger partial charge in [-0.3, -0.25) is 4.79 Å². The predicted molar refractivity (Wildman–Crippen MR) is 162 cm³/mol. The highest BCUT2D eigenvalue weighted by molar-refractivity contribution is 8.01. The Morgan fingerprint density at radius 1 is 1.10 bits per heavy atom. The molecule has 41 heavy (non-hydrogen) atoms. The molecule has 2 N–H and O–H groups in total. The van der Waals surface area contributed by atoms with Crippen LogP contribution in [0.3, 0.4) is 0 Å². The summed E-state index contributed by atoms with van der Waals surface area (Å²) < 4.78 is 16.4. The number of halogens is 1. The Kier molecular flexibility index (Phi) is 8.32. The highest BCUT2D eigenvalue weighted by Gasteiger charge is 2.38. The van der Waals surface area contributed by atoms with Gasteiger partial charge in [-0.15, -0.1) is 0 Å². The van der Waals surface area contributed by atoms with Gasteiger partial charge in [-0.25, -0.2) is 19.3 Å². The van der Waals surface area contributed by atoms with Crippen molar-refractivity contribution in [3.8, 4) is 0 Å². The van der Waals surface area contributed by atoms with Gasteiger partial charge in [0.2, 0.25) is 0 Å². The number of benzene rings is 1. The number of rotatable bonds is 10. The number of nitrogens with one attached hydrogen (secondary N) is 2. The van der Waals surface area contributed by atoms with E-state index in [1.54, 1.807) is 18.5 Å². The quantitative estimate of drug-likeness (QED) is 0.220. The third kappa shape index (κ3) is 6.77. The van der Waals surface area contributed by atoms with E-state index in [1.807, 2.05) is 25.1 Å². The molecule has 0 atom stereocenters. The Morgan fingerprint density at radius 2 is 1.88 bits per heavy atom. The first-order chi connectivity index (χ1) is 20.0. The number of pyridine rings is 2. The monoisotopic (exact) mass is 588 g/mol. The highest BCUT2D eigenvalue weighted by atomic mass is 32.2. The lowest BCUT2D eigenvalue weighted by molar-refractivity contribution is 0.0910. The molecule has 4 aromatic rings. The summed E-state index contributed by atoms with van der Waals surface area (Å²) in [5, 5.41) is 6.89. The van der Waals surface area contributed by atoms with Crippen LogP contribution in [-0.2, 0) is 5.41 Å². The molecule has 1 aliphatic heterocycles. The molecule has 2 fully saturated rings. The number of aromatic nitrogens is 3. The molecule has 7 nitrogen and oxygen atoms in total. The number of hydrogen-bond acceptors (Lipinski definition) is 8. The van der Waals surface area contributed by atoms with Gasteiger partial charge >= 0.3 is 0 Å². The van der Waals surface area contributed by atoms with E-state index in [2.05, 4.69) is 54.8 Å². The summed E-state index contributed by atoms with van der Waals surface area (Å²) in [5.41, 5.74) is 1.95. The van der Waals surface area contributed by atoms with E-state index >= 15 is 4.39 Å². The molecule has 0 radical (unpaired) electrons. The molecular formula is C31H33FN6OS2. The van der Waals surface area contributed by atoms with Crippen LogP contribution in [0.15, 0.2) is 76.2 Å². The van der Waals surface area contributed by atoms with Gasteiger partial charge in [0.05, 0.1) is 15.3 Å². The van der Waals surface area contributed by atoms with Crippen LogP contribution in [0.4, 0.5) is 15.3 Å². The van der Waals surface area contributed by atoms with Crippen LogP contribution in [0.25, 0.3) is 0 Å². The van der Waals surface area contributed by atoms with Crippen molar-refractivity contribution >= 4 is 40.0 Å². The second-order valence-electron chi connectivity index (χ2n) is 11.0. The average molecular weight is 589 g/mol. The smallest absolute Gasteiger partial charge is 0.273 e. The van der Waals surface area contributed by atoms with E-state index in [9.17, 15) is 4.79 Å². The number of aryl methyl sites for hydroxylation is 1. The summed E-state index contributed by atoms with van der Waals surface area (Å²) in [6.07, 6.45) is 9.51. The number of amides is 1. The molecule has 3 aromatic heterocycles. The summed E-state index contributed by atoms with van der Waals surface area (Å²) in [6.45, 7) is 5.63. The Morgan fingerprint density at radius 3 is 2.63 bits per heavy atom.